The first-order chi connectivity index (χ1) is 9.24. The van der Waals surface area contributed by atoms with Gasteiger partial charge >= 0.3 is 0 Å². The Labute approximate surface area is 128 Å². The third-order valence-electron chi connectivity index (χ3n) is 4.76. The van der Waals surface area contributed by atoms with E-state index < -0.39 is 0 Å². The van der Waals surface area contributed by atoms with Crippen molar-refractivity contribution < 1.29 is 9.53 Å². The molecule has 1 aliphatic heterocycles. The second-order valence-electron chi connectivity index (χ2n) is 6.22. The molecule has 1 heterocycles. The molecule has 4 nitrogen and oxygen atoms in total. The van der Waals surface area contributed by atoms with Crippen LogP contribution in [0.4, 0.5) is 0 Å². The highest BCUT2D eigenvalue weighted by Gasteiger charge is 2.33. The van der Waals surface area contributed by atoms with Gasteiger partial charge in [-0.15, -0.1) is 12.4 Å². The lowest BCUT2D eigenvalue weighted by molar-refractivity contribution is -0.122. The number of ether oxygens (including phenoxy) is 1. The van der Waals surface area contributed by atoms with E-state index in [2.05, 4.69) is 10.6 Å². The SMILES string of the molecule is COCCC1(CNC(=O)CC2CCCN2)CCCC1.Cl. The number of methoxy groups -OCH3 is 1. The highest BCUT2D eigenvalue weighted by atomic mass is 35.5. The molecule has 0 spiro atoms. The smallest absolute Gasteiger partial charge is 0.221 e. The fraction of sp³-hybridized carbons (Fsp3) is 0.933. The Morgan fingerprint density at radius 3 is 2.70 bits per heavy atom. The Kier molecular flexibility index (Phi) is 7.85. The first-order valence-electron chi connectivity index (χ1n) is 7.73. The molecule has 0 bridgehead atoms. The number of hydrogen-bond acceptors (Lipinski definition) is 3. The van der Waals surface area contributed by atoms with E-state index in [1.165, 1.54) is 32.1 Å². The minimum Gasteiger partial charge on any atom is -0.385 e. The molecule has 2 aliphatic rings. The molecule has 0 aromatic heterocycles. The Morgan fingerprint density at radius 1 is 1.35 bits per heavy atom. The molecule has 2 fully saturated rings. The highest BCUT2D eigenvalue weighted by Crippen LogP contribution is 2.40. The summed E-state index contributed by atoms with van der Waals surface area (Å²) in [4.78, 5) is 12.0. The average molecular weight is 305 g/mol. The fourth-order valence-electron chi connectivity index (χ4n) is 3.47. The fourth-order valence-corrected chi connectivity index (χ4v) is 3.47. The maximum atomic E-state index is 12.0. The molecule has 1 saturated heterocycles. The van der Waals surface area contributed by atoms with E-state index >= 15 is 0 Å². The lowest BCUT2D eigenvalue weighted by atomic mass is 9.83. The normalized spacial score (nSPS) is 24.4. The number of amides is 1. The van der Waals surface area contributed by atoms with Crippen LogP contribution in [0.5, 0.6) is 0 Å². The van der Waals surface area contributed by atoms with Gasteiger partial charge in [0.1, 0.15) is 0 Å². The van der Waals surface area contributed by atoms with Crippen molar-refractivity contribution in [3.8, 4) is 0 Å². The van der Waals surface area contributed by atoms with E-state index in [-0.39, 0.29) is 18.3 Å². The zero-order chi connectivity index (χ0) is 13.6. The van der Waals surface area contributed by atoms with Crippen LogP contribution in [0.1, 0.15) is 51.4 Å². The molecule has 0 aromatic rings. The van der Waals surface area contributed by atoms with Crippen molar-refractivity contribution in [1.29, 1.82) is 0 Å². The van der Waals surface area contributed by atoms with E-state index in [1.807, 2.05) is 0 Å². The molecular weight excluding hydrogens is 276 g/mol. The highest BCUT2D eigenvalue weighted by molar-refractivity contribution is 5.85. The Bertz CT molecular complexity index is 288. The summed E-state index contributed by atoms with van der Waals surface area (Å²) in [5, 5.41) is 6.55. The Balaban J connectivity index is 0.00000200. The monoisotopic (exact) mass is 304 g/mol. The summed E-state index contributed by atoms with van der Waals surface area (Å²) in [5.74, 6) is 0.211. The maximum Gasteiger partial charge on any atom is 0.221 e. The number of hydrogen-bond donors (Lipinski definition) is 2. The van der Waals surface area contributed by atoms with Crippen molar-refractivity contribution in [2.45, 2.75) is 57.4 Å². The molecule has 0 radical (unpaired) electrons. The Morgan fingerprint density at radius 2 is 2.10 bits per heavy atom. The minimum absolute atomic E-state index is 0. The number of carbonyl (C=O) groups is 1. The van der Waals surface area contributed by atoms with Crippen LogP contribution in [0.2, 0.25) is 0 Å². The van der Waals surface area contributed by atoms with Gasteiger partial charge in [0.25, 0.3) is 0 Å². The van der Waals surface area contributed by atoms with Crippen LogP contribution >= 0.6 is 12.4 Å². The standard InChI is InChI=1S/C15H28N2O2.ClH/c1-19-10-8-15(6-2-3-7-15)12-17-14(18)11-13-5-4-9-16-13;/h13,16H,2-12H2,1H3,(H,17,18);1H. The van der Waals surface area contributed by atoms with Crippen molar-refractivity contribution in [3.63, 3.8) is 0 Å². The molecule has 2 rings (SSSR count). The third-order valence-corrected chi connectivity index (χ3v) is 4.76. The second-order valence-corrected chi connectivity index (χ2v) is 6.22. The van der Waals surface area contributed by atoms with Gasteiger partial charge in [-0.1, -0.05) is 12.8 Å². The van der Waals surface area contributed by atoms with Gasteiger partial charge < -0.3 is 15.4 Å². The molecule has 0 aromatic carbocycles. The molecule has 2 N–H and O–H groups in total. The van der Waals surface area contributed by atoms with Gasteiger partial charge in [0.05, 0.1) is 0 Å². The molecule has 1 atom stereocenters. The number of carbonyl (C=O) groups excluding carboxylic acids is 1. The van der Waals surface area contributed by atoms with Crippen LogP contribution in [0.25, 0.3) is 0 Å². The summed E-state index contributed by atoms with van der Waals surface area (Å²) in [6.07, 6.45) is 9.12. The average Bonchev–Trinajstić information content (AvgIpc) is 3.06. The first-order valence-corrected chi connectivity index (χ1v) is 7.73. The number of halogens is 1. The van der Waals surface area contributed by atoms with Crippen molar-refractivity contribution in [1.82, 2.24) is 10.6 Å². The Hall–Kier alpha value is -0.320. The second kappa shape index (κ2) is 8.85. The summed E-state index contributed by atoms with van der Waals surface area (Å²) in [5.41, 5.74) is 0.300. The third kappa shape index (κ3) is 5.23. The largest absolute Gasteiger partial charge is 0.385 e. The molecule has 1 amide bonds. The van der Waals surface area contributed by atoms with Crippen molar-refractivity contribution in [2.75, 3.05) is 26.8 Å². The van der Waals surface area contributed by atoms with Gasteiger partial charge in [-0.3, -0.25) is 4.79 Å². The van der Waals surface area contributed by atoms with Gasteiger partial charge in [-0.05, 0) is 44.1 Å². The van der Waals surface area contributed by atoms with Crippen LogP contribution in [-0.4, -0.2) is 38.8 Å². The first kappa shape index (κ1) is 17.7. The topological polar surface area (TPSA) is 50.4 Å². The number of rotatable bonds is 7. The summed E-state index contributed by atoms with van der Waals surface area (Å²) in [7, 11) is 1.76. The van der Waals surface area contributed by atoms with E-state index in [9.17, 15) is 4.79 Å². The van der Waals surface area contributed by atoms with E-state index in [4.69, 9.17) is 4.74 Å². The summed E-state index contributed by atoms with van der Waals surface area (Å²) in [6.45, 7) is 2.71. The van der Waals surface area contributed by atoms with Crippen molar-refractivity contribution in [3.05, 3.63) is 0 Å². The van der Waals surface area contributed by atoms with Crippen molar-refractivity contribution >= 4 is 18.3 Å². The molecular formula is C15H29ClN2O2. The molecule has 20 heavy (non-hydrogen) atoms. The lowest BCUT2D eigenvalue weighted by Crippen LogP contribution is -2.39. The molecule has 1 unspecified atom stereocenters. The predicted octanol–water partition coefficient (Wildman–Crippen LogP) is 2.26. The van der Waals surface area contributed by atoms with E-state index in [1.54, 1.807) is 7.11 Å². The summed E-state index contributed by atoms with van der Waals surface area (Å²) < 4.78 is 5.22. The number of nitrogens with one attached hydrogen (secondary N) is 2. The van der Waals surface area contributed by atoms with Crippen LogP contribution in [-0.2, 0) is 9.53 Å². The van der Waals surface area contributed by atoms with Gasteiger partial charge in [0.15, 0.2) is 0 Å². The predicted molar refractivity (Wildman–Crippen MR) is 83.3 cm³/mol. The van der Waals surface area contributed by atoms with Gasteiger partial charge in [0, 0.05) is 32.7 Å². The van der Waals surface area contributed by atoms with Gasteiger partial charge in [-0.2, -0.15) is 0 Å². The minimum atomic E-state index is 0. The summed E-state index contributed by atoms with van der Waals surface area (Å²) in [6, 6.07) is 0.401. The molecule has 1 aliphatic carbocycles. The van der Waals surface area contributed by atoms with Crippen molar-refractivity contribution in [2.24, 2.45) is 5.41 Å². The zero-order valence-corrected chi connectivity index (χ0v) is 13.4. The van der Waals surface area contributed by atoms with E-state index in [0.717, 1.165) is 32.5 Å². The molecule has 1 saturated carbocycles. The van der Waals surface area contributed by atoms with Crippen LogP contribution in [0.15, 0.2) is 0 Å². The maximum absolute atomic E-state index is 12.0. The van der Waals surface area contributed by atoms with Crippen LogP contribution < -0.4 is 10.6 Å². The van der Waals surface area contributed by atoms with Gasteiger partial charge in [-0.25, -0.2) is 0 Å². The van der Waals surface area contributed by atoms with Gasteiger partial charge in [0.2, 0.25) is 5.91 Å². The molecule has 5 heteroatoms. The quantitative estimate of drug-likeness (QED) is 0.758. The summed E-state index contributed by atoms with van der Waals surface area (Å²) >= 11 is 0. The van der Waals surface area contributed by atoms with Crippen LogP contribution in [0, 0.1) is 5.41 Å². The zero-order valence-electron chi connectivity index (χ0n) is 12.6. The van der Waals surface area contributed by atoms with Crippen LogP contribution in [0.3, 0.4) is 0 Å². The molecule has 118 valence electrons. The van der Waals surface area contributed by atoms with E-state index in [0.29, 0.717) is 17.9 Å². The lowest BCUT2D eigenvalue weighted by Gasteiger charge is -2.29.